The zero-order valence-electron chi connectivity index (χ0n) is 19.6. The molecular weight excluding hydrogens is 465 g/mol. The molecule has 0 atom stereocenters. The number of hydrogen-bond donors (Lipinski definition) is 1. The van der Waals surface area contributed by atoms with Crippen LogP contribution in [0.4, 0.5) is 23.8 Å². The lowest BCUT2D eigenvalue weighted by Gasteiger charge is -2.34. The van der Waals surface area contributed by atoms with E-state index in [1.165, 1.54) is 10.7 Å². The molecular formula is C23H29F3N6O3. The van der Waals surface area contributed by atoms with Gasteiger partial charge in [0, 0.05) is 70.7 Å². The number of benzene rings is 1. The van der Waals surface area contributed by atoms with Crippen molar-refractivity contribution in [2.24, 2.45) is 0 Å². The highest BCUT2D eigenvalue weighted by Gasteiger charge is 2.32. The Balaban J connectivity index is 1.39. The fourth-order valence-electron chi connectivity index (χ4n) is 4.24. The number of likely N-dealkylation sites (tertiary alicyclic amines) is 1. The quantitative estimate of drug-likeness (QED) is 0.665. The standard InChI is InChI=1S/C23H29F3N6O3/c1-27-20-6-9-32(28-20)22(34)31-12-10-29(11-13-31)15-17-4-5-18(23(24,25)26)14-19(17)35-16-21(33)30-7-2-3-8-30/h4-6,9,14H,2-3,7-8,10-13,15-16H2,1H3,(H,27,28). The molecule has 9 nitrogen and oxygen atoms in total. The van der Waals surface area contributed by atoms with Crippen LogP contribution in [0.3, 0.4) is 0 Å². The van der Waals surface area contributed by atoms with Crippen LogP contribution in [0.15, 0.2) is 30.5 Å². The Bertz CT molecular complexity index is 1040. The number of rotatable bonds is 6. The fraction of sp³-hybridized carbons (Fsp3) is 0.522. The summed E-state index contributed by atoms with van der Waals surface area (Å²) < 4.78 is 46.8. The number of carbonyl (C=O) groups is 2. The number of piperazine rings is 1. The van der Waals surface area contributed by atoms with Gasteiger partial charge in [-0.05, 0) is 25.0 Å². The van der Waals surface area contributed by atoms with Crippen molar-refractivity contribution in [2.45, 2.75) is 25.6 Å². The fourth-order valence-corrected chi connectivity index (χ4v) is 4.24. The van der Waals surface area contributed by atoms with E-state index in [0.29, 0.717) is 57.2 Å². The molecule has 3 heterocycles. The van der Waals surface area contributed by atoms with Gasteiger partial charge in [-0.3, -0.25) is 9.69 Å². The van der Waals surface area contributed by atoms with E-state index in [2.05, 4.69) is 10.4 Å². The van der Waals surface area contributed by atoms with Gasteiger partial charge < -0.3 is 19.9 Å². The molecule has 2 aromatic rings. The second-order valence-corrected chi connectivity index (χ2v) is 8.64. The number of alkyl halides is 3. The minimum atomic E-state index is -4.51. The Hall–Kier alpha value is -3.28. The number of carbonyl (C=O) groups excluding carboxylic acids is 2. The third-order valence-electron chi connectivity index (χ3n) is 6.28. The van der Waals surface area contributed by atoms with E-state index in [0.717, 1.165) is 25.0 Å². The van der Waals surface area contributed by atoms with Gasteiger partial charge >= 0.3 is 12.2 Å². The van der Waals surface area contributed by atoms with E-state index in [1.54, 1.807) is 29.1 Å². The van der Waals surface area contributed by atoms with Crippen molar-refractivity contribution in [1.82, 2.24) is 24.5 Å². The van der Waals surface area contributed by atoms with Crippen LogP contribution in [0.2, 0.25) is 0 Å². The van der Waals surface area contributed by atoms with Gasteiger partial charge in [-0.1, -0.05) is 6.07 Å². The molecule has 12 heteroatoms. The molecule has 0 radical (unpaired) electrons. The van der Waals surface area contributed by atoms with E-state index >= 15 is 0 Å². The monoisotopic (exact) mass is 494 g/mol. The van der Waals surface area contributed by atoms with Gasteiger partial charge in [0.05, 0.1) is 5.56 Å². The molecule has 0 saturated carbocycles. The maximum absolute atomic E-state index is 13.3. The number of aromatic nitrogens is 2. The van der Waals surface area contributed by atoms with Crippen molar-refractivity contribution in [2.75, 3.05) is 58.2 Å². The zero-order chi connectivity index (χ0) is 25.0. The Morgan fingerprint density at radius 3 is 2.37 bits per heavy atom. The van der Waals surface area contributed by atoms with Crippen molar-refractivity contribution in [3.8, 4) is 5.75 Å². The van der Waals surface area contributed by atoms with E-state index < -0.39 is 11.7 Å². The summed E-state index contributed by atoms with van der Waals surface area (Å²) in [6, 6.07) is 4.86. The highest BCUT2D eigenvalue weighted by atomic mass is 19.4. The molecule has 1 aromatic heterocycles. The normalized spacial score (nSPS) is 17.0. The van der Waals surface area contributed by atoms with Crippen molar-refractivity contribution >= 4 is 17.8 Å². The zero-order valence-corrected chi connectivity index (χ0v) is 19.6. The van der Waals surface area contributed by atoms with E-state index in [4.69, 9.17) is 4.74 Å². The summed E-state index contributed by atoms with van der Waals surface area (Å²) in [6.07, 6.45) is -1.07. The van der Waals surface area contributed by atoms with Crippen molar-refractivity contribution in [1.29, 1.82) is 0 Å². The summed E-state index contributed by atoms with van der Waals surface area (Å²) in [4.78, 5) is 30.4. The molecule has 1 N–H and O–H groups in total. The van der Waals surface area contributed by atoms with Crippen LogP contribution in [0.25, 0.3) is 0 Å². The Morgan fingerprint density at radius 1 is 1.03 bits per heavy atom. The number of anilines is 1. The van der Waals surface area contributed by atoms with Crippen LogP contribution in [0, 0.1) is 0 Å². The summed E-state index contributed by atoms with van der Waals surface area (Å²) in [7, 11) is 1.72. The lowest BCUT2D eigenvalue weighted by atomic mass is 10.1. The second kappa shape index (κ2) is 10.5. The molecule has 0 unspecified atom stereocenters. The second-order valence-electron chi connectivity index (χ2n) is 8.64. The molecule has 2 aliphatic heterocycles. The molecule has 2 aliphatic rings. The minimum Gasteiger partial charge on any atom is -0.483 e. The molecule has 1 aromatic carbocycles. The average Bonchev–Trinajstić information content (AvgIpc) is 3.55. The summed E-state index contributed by atoms with van der Waals surface area (Å²) in [5, 5.41) is 7.03. The molecule has 2 amide bonds. The molecule has 0 bridgehead atoms. The summed E-state index contributed by atoms with van der Waals surface area (Å²) in [5.41, 5.74) is -0.252. The predicted octanol–water partition coefficient (Wildman–Crippen LogP) is 2.73. The minimum absolute atomic E-state index is 0.0574. The first-order chi connectivity index (χ1) is 16.7. The van der Waals surface area contributed by atoms with Crippen LogP contribution >= 0.6 is 0 Å². The molecule has 0 spiro atoms. The number of hydrogen-bond acceptors (Lipinski definition) is 6. The summed E-state index contributed by atoms with van der Waals surface area (Å²) in [6.45, 7) is 3.34. The Labute approximate surface area is 201 Å². The highest BCUT2D eigenvalue weighted by molar-refractivity contribution is 5.78. The third kappa shape index (κ3) is 6.05. The van der Waals surface area contributed by atoms with Gasteiger partial charge in [-0.25, -0.2) is 4.79 Å². The smallest absolute Gasteiger partial charge is 0.416 e. The lowest BCUT2D eigenvalue weighted by Crippen LogP contribution is -2.49. The Kier molecular flexibility index (Phi) is 7.48. The van der Waals surface area contributed by atoms with Crippen LogP contribution in [-0.4, -0.2) is 89.3 Å². The maximum Gasteiger partial charge on any atom is 0.416 e. The number of amides is 2. The number of nitrogens with zero attached hydrogens (tertiary/aromatic N) is 5. The van der Waals surface area contributed by atoms with Gasteiger partial charge in [-0.2, -0.15) is 17.9 Å². The number of halogens is 3. The summed E-state index contributed by atoms with van der Waals surface area (Å²) >= 11 is 0. The SMILES string of the molecule is CNc1ccn(C(=O)N2CCN(Cc3ccc(C(F)(F)F)cc3OCC(=O)N3CCCC3)CC2)n1. The third-order valence-corrected chi connectivity index (χ3v) is 6.28. The molecule has 35 heavy (non-hydrogen) atoms. The van der Waals surface area contributed by atoms with Crippen molar-refractivity contribution < 1.29 is 27.5 Å². The first kappa shape index (κ1) is 24.8. The average molecular weight is 495 g/mol. The first-order valence-electron chi connectivity index (χ1n) is 11.6. The van der Waals surface area contributed by atoms with E-state index in [1.807, 2.05) is 4.90 Å². The molecule has 190 valence electrons. The first-order valence-corrected chi connectivity index (χ1v) is 11.6. The van der Waals surface area contributed by atoms with Crippen LogP contribution in [0.5, 0.6) is 5.75 Å². The van der Waals surface area contributed by atoms with Crippen LogP contribution in [-0.2, 0) is 17.5 Å². The predicted molar refractivity (Wildman–Crippen MR) is 122 cm³/mol. The maximum atomic E-state index is 13.3. The van der Waals surface area contributed by atoms with Crippen molar-refractivity contribution in [3.63, 3.8) is 0 Å². The van der Waals surface area contributed by atoms with Gasteiger partial charge in [0.15, 0.2) is 6.61 Å². The van der Waals surface area contributed by atoms with Gasteiger partial charge in [0.2, 0.25) is 0 Å². The van der Waals surface area contributed by atoms with Crippen LogP contribution in [0.1, 0.15) is 24.0 Å². The topological polar surface area (TPSA) is 82.9 Å². The number of nitrogens with one attached hydrogen (secondary N) is 1. The van der Waals surface area contributed by atoms with Gasteiger partial charge in [-0.15, -0.1) is 5.10 Å². The van der Waals surface area contributed by atoms with Crippen LogP contribution < -0.4 is 10.1 Å². The lowest BCUT2D eigenvalue weighted by molar-refractivity contribution is -0.137. The summed E-state index contributed by atoms with van der Waals surface area (Å²) in [5.74, 6) is 0.426. The molecule has 2 fully saturated rings. The highest BCUT2D eigenvalue weighted by Crippen LogP contribution is 2.34. The van der Waals surface area contributed by atoms with Gasteiger partial charge in [0.1, 0.15) is 11.6 Å². The van der Waals surface area contributed by atoms with Crippen molar-refractivity contribution in [3.05, 3.63) is 41.6 Å². The van der Waals surface area contributed by atoms with E-state index in [-0.39, 0.29) is 24.3 Å². The van der Waals surface area contributed by atoms with E-state index in [9.17, 15) is 22.8 Å². The largest absolute Gasteiger partial charge is 0.483 e. The molecule has 4 rings (SSSR count). The Morgan fingerprint density at radius 2 is 1.74 bits per heavy atom. The van der Waals surface area contributed by atoms with Gasteiger partial charge in [0.25, 0.3) is 5.91 Å². The molecule has 2 saturated heterocycles. The number of ether oxygens (including phenoxy) is 1. The molecule has 0 aliphatic carbocycles.